The summed E-state index contributed by atoms with van der Waals surface area (Å²) in [6, 6.07) is 11.2. The molecule has 1 aromatic carbocycles. The molecule has 2 N–H and O–H groups in total. The maximum absolute atomic E-state index is 6.12. The summed E-state index contributed by atoms with van der Waals surface area (Å²) in [4.78, 5) is 4.61. The topological polar surface area (TPSA) is 101 Å². The Morgan fingerprint density at radius 2 is 2.07 bits per heavy atom. The normalized spacial score (nSPS) is 11.0. The van der Waals surface area contributed by atoms with E-state index in [2.05, 4.69) is 15.2 Å². The number of aromatic nitrogens is 4. The largest absolute Gasteiger partial charge is 0.497 e. The van der Waals surface area contributed by atoms with Crippen molar-refractivity contribution in [2.75, 3.05) is 13.0 Å². The van der Waals surface area contributed by atoms with Crippen molar-refractivity contribution in [3.63, 3.8) is 0 Å². The molecule has 0 saturated heterocycles. The lowest BCUT2D eigenvalue weighted by Gasteiger charge is -2.07. The average molecular weight is 430 g/mol. The predicted octanol–water partition coefficient (Wildman–Crippen LogP) is 3.90. The van der Waals surface area contributed by atoms with Crippen LogP contribution in [0.1, 0.15) is 17.3 Å². The Kier molecular flexibility index (Phi) is 5.72. The van der Waals surface area contributed by atoms with E-state index in [0.29, 0.717) is 22.5 Å². The van der Waals surface area contributed by atoms with Crippen molar-refractivity contribution in [1.29, 1.82) is 0 Å². The number of rotatable bonds is 8. The van der Waals surface area contributed by atoms with Crippen LogP contribution in [0, 0.1) is 6.92 Å². The van der Waals surface area contributed by atoms with Gasteiger partial charge in [0.25, 0.3) is 0 Å². The highest BCUT2D eigenvalue weighted by Gasteiger charge is 2.13. The molecular weight excluding hydrogens is 410 g/mol. The Balaban J connectivity index is 1.35. The van der Waals surface area contributed by atoms with Gasteiger partial charge in [-0.25, -0.2) is 9.66 Å². The van der Waals surface area contributed by atoms with E-state index in [0.717, 1.165) is 28.0 Å². The second kappa shape index (κ2) is 8.58. The zero-order valence-corrected chi connectivity index (χ0v) is 17.5. The van der Waals surface area contributed by atoms with Crippen LogP contribution < -0.4 is 15.3 Å². The molecule has 0 unspecified atom stereocenters. The molecule has 3 heterocycles. The second-order valence-electron chi connectivity index (χ2n) is 6.08. The number of hydrogen-bond donors (Lipinski definition) is 1. The fraction of sp³-hybridized carbons (Fsp3) is 0.211. The lowest BCUT2D eigenvalue weighted by atomic mass is 10.3. The highest BCUT2D eigenvalue weighted by atomic mass is 32.2. The van der Waals surface area contributed by atoms with E-state index < -0.39 is 0 Å². The van der Waals surface area contributed by atoms with E-state index in [1.165, 1.54) is 16.4 Å². The quantitative estimate of drug-likeness (QED) is 0.332. The molecule has 150 valence electrons. The Labute approximate surface area is 175 Å². The summed E-state index contributed by atoms with van der Waals surface area (Å²) in [5, 5.41) is 11.7. The third-order valence-electron chi connectivity index (χ3n) is 4.00. The Morgan fingerprint density at radius 3 is 2.86 bits per heavy atom. The van der Waals surface area contributed by atoms with Gasteiger partial charge in [-0.15, -0.1) is 21.5 Å². The van der Waals surface area contributed by atoms with Gasteiger partial charge in [0, 0.05) is 17.2 Å². The van der Waals surface area contributed by atoms with Crippen LogP contribution in [0.15, 0.2) is 51.4 Å². The molecule has 0 fully saturated rings. The number of furan rings is 1. The molecular formula is C19H19N5O3S2. The van der Waals surface area contributed by atoms with Gasteiger partial charge >= 0.3 is 0 Å². The summed E-state index contributed by atoms with van der Waals surface area (Å²) in [5.74, 6) is 10.3. The molecule has 4 aromatic rings. The molecule has 4 rings (SSSR count). The highest BCUT2D eigenvalue weighted by molar-refractivity contribution is 7.98. The highest BCUT2D eigenvalue weighted by Crippen LogP contribution is 2.28. The Bertz CT molecular complexity index is 1100. The van der Waals surface area contributed by atoms with Gasteiger partial charge in [-0.2, -0.15) is 0 Å². The molecule has 0 aliphatic heterocycles. The van der Waals surface area contributed by atoms with E-state index >= 15 is 0 Å². The van der Waals surface area contributed by atoms with Crippen LogP contribution >= 0.6 is 23.1 Å². The number of ether oxygens (including phenoxy) is 2. The molecule has 0 saturated carbocycles. The van der Waals surface area contributed by atoms with Crippen LogP contribution in [0.25, 0.3) is 10.8 Å². The van der Waals surface area contributed by atoms with Gasteiger partial charge < -0.3 is 19.7 Å². The number of hydrogen-bond acceptors (Lipinski definition) is 9. The number of nitrogens with two attached hydrogens (primary N) is 1. The molecule has 29 heavy (non-hydrogen) atoms. The molecule has 0 spiro atoms. The zero-order chi connectivity index (χ0) is 20.2. The summed E-state index contributed by atoms with van der Waals surface area (Å²) < 4.78 is 18.0. The summed E-state index contributed by atoms with van der Waals surface area (Å²) in [6.45, 7) is 2.12. The molecule has 0 bridgehead atoms. The number of aryl methyl sites for hydroxylation is 1. The van der Waals surface area contributed by atoms with E-state index in [4.69, 9.17) is 19.7 Å². The van der Waals surface area contributed by atoms with Gasteiger partial charge in [0.05, 0.1) is 12.8 Å². The first-order valence-electron chi connectivity index (χ1n) is 8.72. The minimum absolute atomic E-state index is 0.204. The zero-order valence-electron chi connectivity index (χ0n) is 15.9. The van der Waals surface area contributed by atoms with Crippen LogP contribution in [-0.4, -0.2) is 27.0 Å². The van der Waals surface area contributed by atoms with Gasteiger partial charge in [0.2, 0.25) is 5.16 Å². The molecule has 0 aliphatic rings. The van der Waals surface area contributed by atoms with Gasteiger partial charge in [0.15, 0.2) is 16.6 Å². The number of thiazole rings is 1. The number of benzene rings is 1. The molecule has 8 nitrogen and oxygen atoms in total. The van der Waals surface area contributed by atoms with Crippen molar-refractivity contribution >= 4 is 23.1 Å². The van der Waals surface area contributed by atoms with Gasteiger partial charge in [0.1, 0.15) is 23.9 Å². The second-order valence-corrected chi connectivity index (χ2v) is 7.88. The van der Waals surface area contributed by atoms with Crippen molar-refractivity contribution < 1.29 is 13.9 Å². The monoisotopic (exact) mass is 429 g/mol. The van der Waals surface area contributed by atoms with Crippen LogP contribution in [0.2, 0.25) is 0 Å². The van der Waals surface area contributed by atoms with Crippen molar-refractivity contribution in [1.82, 2.24) is 19.9 Å². The molecule has 0 radical (unpaired) electrons. The SMILES string of the molecule is COc1cccc(OCc2nnc(SCc3csc(-c4ccc(C)o4)n3)n2N)c1. The number of methoxy groups -OCH3 is 1. The molecule has 0 atom stereocenters. The Hall–Kier alpha value is -2.98. The third-order valence-corrected chi connectivity index (χ3v) is 5.88. The van der Waals surface area contributed by atoms with E-state index in [9.17, 15) is 0 Å². The van der Waals surface area contributed by atoms with Crippen molar-refractivity contribution in [2.24, 2.45) is 0 Å². The van der Waals surface area contributed by atoms with Crippen LogP contribution in [0.4, 0.5) is 0 Å². The fourth-order valence-electron chi connectivity index (χ4n) is 2.52. The summed E-state index contributed by atoms with van der Waals surface area (Å²) in [5.41, 5.74) is 0.932. The van der Waals surface area contributed by atoms with E-state index in [1.807, 2.05) is 42.6 Å². The van der Waals surface area contributed by atoms with Crippen molar-refractivity contribution in [3.05, 3.63) is 59.1 Å². The summed E-state index contributed by atoms with van der Waals surface area (Å²) in [7, 11) is 1.61. The first-order valence-corrected chi connectivity index (χ1v) is 10.6. The predicted molar refractivity (Wildman–Crippen MR) is 112 cm³/mol. The molecule has 0 aliphatic carbocycles. The smallest absolute Gasteiger partial charge is 0.210 e. The maximum atomic E-state index is 6.12. The van der Waals surface area contributed by atoms with Gasteiger partial charge in [-0.1, -0.05) is 17.8 Å². The van der Waals surface area contributed by atoms with Gasteiger partial charge in [-0.3, -0.25) is 0 Å². The summed E-state index contributed by atoms with van der Waals surface area (Å²) >= 11 is 3.01. The molecule has 0 amide bonds. The van der Waals surface area contributed by atoms with E-state index in [1.54, 1.807) is 24.5 Å². The van der Waals surface area contributed by atoms with Gasteiger partial charge in [-0.05, 0) is 31.2 Å². The number of thioether (sulfide) groups is 1. The third kappa shape index (κ3) is 4.54. The van der Waals surface area contributed by atoms with Crippen molar-refractivity contribution in [2.45, 2.75) is 24.4 Å². The lowest BCUT2D eigenvalue weighted by molar-refractivity contribution is 0.289. The van der Waals surface area contributed by atoms with Crippen LogP contribution in [-0.2, 0) is 12.4 Å². The van der Waals surface area contributed by atoms with E-state index in [-0.39, 0.29) is 6.61 Å². The Morgan fingerprint density at radius 1 is 1.21 bits per heavy atom. The number of nitrogen functional groups attached to an aromatic ring is 1. The minimum Gasteiger partial charge on any atom is -0.497 e. The first kappa shape index (κ1) is 19.3. The van der Waals surface area contributed by atoms with Crippen LogP contribution in [0.3, 0.4) is 0 Å². The average Bonchev–Trinajstić information content (AvgIpc) is 3.46. The standard InChI is InChI=1S/C19H19N5O3S2/c1-12-6-7-16(27-12)18-21-13(10-28-18)11-29-19-23-22-17(24(19)20)9-26-15-5-3-4-14(8-15)25-2/h3-8,10H,9,11,20H2,1-2H3. The summed E-state index contributed by atoms with van der Waals surface area (Å²) in [6.07, 6.45) is 0. The van der Waals surface area contributed by atoms with Crippen molar-refractivity contribution in [3.8, 4) is 22.3 Å². The maximum Gasteiger partial charge on any atom is 0.210 e. The molecule has 10 heteroatoms. The minimum atomic E-state index is 0.204. The lowest BCUT2D eigenvalue weighted by Crippen LogP contribution is -2.15. The molecule has 3 aromatic heterocycles. The van der Waals surface area contributed by atoms with Crippen LogP contribution in [0.5, 0.6) is 11.5 Å². The first-order chi connectivity index (χ1) is 14.1. The number of nitrogens with zero attached hydrogens (tertiary/aromatic N) is 4. The fourth-order valence-corrected chi connectivity index (χ4v) is 4.17.